The highest BCUT2D eigenvalue weighted by Gasteiger charge is 2.47. The van der Waals surface area contributed by atoms with Crippen molar-refractivity contribution in [3.63, 3.8) is 0 Å². The number of aliphatic hydroxyl groups is 1. The fourth-order valence-electron chi connectivity index (χ4n) is 5.33. The molecule has 0 aromatic heterocycles. The van der Waals surface area contributed by atoms with E-state index in [9.17, 15) is 30.6 Å². The van der Waals surface area contributed by atoms with Gasteiger partial charge in [-0.3, -0.25) is 0 Å². The first-order valence-corrected chi connectivity index (χ1v) is 10.9. The molecule has 0 saturated carbocycles. The third-order valence-electron chi connectivity index (χ3n) is 6.63. The largest absolute Gasteiger partial charge is 0.508 e. The third kappa shape index (κ3) is 3.68. The van der Waals surface area contributed by atoms with Crippen molar-refractivity contribution < 1.29 is 30.6 Å². The van der Waals surface area contributed by atoms with Crippen LogP contribution in [0.3, 0.4) is 0 Å². The van der Waals surface area contributed by atoms with Gasteiger partial charge < -0.3 is 30.6 Å². The Morgan fingerprint density at radius 2 is 1.21 bits per heavy atom. The number of benzene rings is 4. The van der Waals surface area contributed by atoms with Crippen molar-refractivity contribution >= 4 is 0 Å². The van der Waals surface area contributed by atoms with Crippen LogP contribution in [0, 0.1) is 0 Å². The van der Waals surface area contributed by atoms with E-state index < -0.39 is 23.9 Å². The minimum atomic E-state index is -1.02. The molecule has 4 aromatic rings. The highest BCUT2D eigenvalue weighted by atomic mass is 16.3. The average Bonchev–Trinajstić information content (AvgIpc) is 3.14. The fraction of sp³-hybridized carbons (Fsp3) is 0.143. The number of aromatic hydroxyl groups is 5. The summed E-state index contributed by atoms with van der Waals surface area (Å²) in [6.07, 6.45) is -1.02. The highest BCUT2D eigenvalue weighted by molar-refractivity contribution is 5.60. The van der Waals surface area contributed by atoms with Gasteiger partial charge in [0.2, 0.25) is 0 Å². The molecule has 0 heterocycles. The van der Waals surface area contributed by atoms with Gasteiger partial charge in [0.05, 0.1) is 6.10 Å². The van der Waals surface area contributed by atoms with Crippen LogP contribution in [0.5, 0.6) is 28.7 Å². The molecule has 6 nitrogen and oxygen atoms in total. The van der Waals surface area contributed by atoms with Crippen LogP contribution in [0.4, 0.5) is 0 Å². The summed E-state index contributed by atoms with van der Waals surface area (Å²) in [7, 11) is 0. The molecular weight excluding hydrogens is 432 g/mol. The lowest BCUT2D eigenvalue weighted by molar-refractivity contribution is 0.134. The van der Waals surface area contributed by atoms with Crippen molar-refractivity contribution in [2.24, 2.45) is 0 Å². The van der Waals surface area contributed by atoms with Crippen molar-refractivity contribution in [3.05, 3.63) is 113 Å². The van der Waals surface area contributed by atoms with Crippen molar-refractivity contribution in [1.29, 1.82) is 0 Å². The number of aliphatic hydroxyl groups excluding tert-OH is 1. The van der Waals surface area contributed by atoms with E-state index in [0.29, 0.717) is 22.3 Å². The van der Waals surface area contributed by atoms with E-state index in [0.717, 1.165) is 5.56 Å². The summed E-state index contributed by atoms with van der Waals surface area (Å²) >= 11 is 0. The molecule has 6 heteroatoms. The van der Waals surface area contributed by atoms with Crippen LogP contribution < -0.4 is 0 Å². The second-order valence-electron chi connectivity index (χ2n) is 8.73. The molecule has 172 valence electrons. The van der Waals surface area contributed by atoms with Gasteiger partial charge >= 0.3 is 0 Å². The molecule has 0 fully saturated rings. The van der Waals surface area contributed by atoms with Gasteiger partial charge in [0.15, 0.2) is 0 Å². The van der Waals surface area contributed by atoms with Gasteiger partial charge in [-0.15, -0.1) is 0 Å². The molecule has 4 atom stereocenters. The number of phenols is 5. The van der Waals surface area contributed by atoms with Gasteiger partial charge in [-0.1, -0.05) is 42.5 Å². The lowest BCUT2D eigenvalue weighted by atomic mass is 9.75. The zero-order chi connectivity index (χ0) is 24.0. The van der Waals surface area contributed by atoms with E-state index in [1.807, 2.05) is 18.2 Å². The van der Waals surface area contributed by atoms with Crippen molar-refractivity contribution in [2.75, 3.05) is 0 Å². The van der Waals surface area contributed by atoms with E-state index in [1.165, 1.54) is 24.3 Å². The Bertz CT molecular complexity index is 1310. The zero-order valence-corrected chi connectivity index (χ0v) is 18.1. The van der Waals surface area contributed by atoms with Gasteiger partial charge in [0.25, 0.3) is 0 Å². The third-order valence-corrected chi connectivity index (χ3v) is 6.63. The molecule has 5 rings (SSSR count). The maximum atomic E-state index is 11.6. The Labute approximate surface area is 196 Å². The minimum absolute atomic E-state index is 0.0873. The molecule has 1 aliphatic carbocycles. The van der Waals surface area contributed by atoms with E-state index in [-0.39, 0.29) is 28.7 Å². The molecule has 6 N–H and O–H groups in total. The predicted molar refractivity (Wildman–Crippen MR) is 126 cm³/mol. The van der Waals surface area contributed by atoms with Crippen LogP contribution in [0.15, 0.2) is 84.9 Å². The summed E-state index contributed by atoms with van der Waals surface area (Å²) in [5.41, 5.74) is 3.08. The quantitative estimate of drug-likeness (QED) is 0.258. The molecule has 0 saturated heterocycles. The highest BCUT2D eigenvalue weighted by Crippen LogP contribution is 2.61. The first-order chi connectivity index (χ1) is 16.3. The van der Waals surface area contributed by atoms with Crippen LogP contribution in [-0.4, -0.2) is 30.6 Å². The van der Waals surface area contributed by atoms with E-state index in [1.54, 1.807) is 42.5 Å². The number of hydrogen-bond donors (Lipinski definition) is 6. The number of fused-ring (bicyclic) bond motifs is 1. The normalized spacial score (nSPS) is 20.1. The van der Waals surface area contributed by atoms with Gasteiger partial charge in [0, 0.05) is 35.4 Å². The second kappa shape index (κ2) is 8.32. The summed E-state index contributed by atoms with van der Waals surface area (Å²) < 4.78 is 0. The number of rotatable bonds is 4. The molecular formula is C28H24O6. The molecule has 0 radical (unpaired) electrons. The zero-order valence-electron chi connectivity index (χ0n) is 18.1. The van der Waals surface area contributed by atoms with Crippen molar-refractivity contribution in [2.45, 2.75) is 23.9 Å². The van der Waals surface area contributed by atoms with Crippen LogP contribution in [-0.2, 0) is 0 Å². The standard InChI is InChI=1S/C28H24O6/c29-18-8-6-15(7-9-18)24-25(17-10-19(30)12-20(31)11-17)27(28(34)16-4-2-1-3-5-16)22-13-21(32)14-23(33)26(22)24/h1-14,24-25,27-34H/t24-,25-,27?,28?/m0/s1. The van der Waals surface area contributed by atoms with Crippen LogP contribution in [0.1, 0.15) is 51.7 Å². The van der Waals surface area contributed by atoms with Crippen LogP contribution in [0.25, 0.3) is 0 Å². The van der Waals surface area contributed by atoms with Crippen LogP contribution >= 0.6 is 0 Å². The van der Waals surface area contributed by atoms with E-state index in [2.05, 4.69) is 0 Å². The van der Waals surface area contributed by atoms with Gasteiger partial charge in [-0.25, -0.2) is 0 Å². The summed E-state index contributed by atoms with van der Waals surface area (Å²) in [6, 6.07) is 22.8. The van der Waals surface area contributed by atoms with Crippen molar-refractivity contribution in [3.8, 4) is 28.7 Å². The topological polar surface area (TPSA) is 121 Å². The SMILES string of the molecule is Oc1ccc([C@@H]2c3c(O)cc(O)cc3C(C(O)c3ccccc3)[C@H]2c2cc(O)cc(O)c2)cc1. The van der Waals surface area contributed by atoms with Gasteiger partial charge in [-0.05, 0) is 52.6 Å². The first-order valence-electron chi connectivity index (χ1n) is 10.9. The van der Waals surface area contributed by atoms with Crippen molar-refractivity contribution in [1.82, 2.24) is 0 Å². The maximum Gasteiger partial charge on any atom is 0.123 e. The predicted octanol–water partition coefficient (Wildman–Crippen LogP) is 4.96. The summed E-state index contributed by atoms with van der Waals surface area (Å²) in [5.74, 6) is -2.08. The molecule has 0 bridgehead atoms. The Kier molecular flexibility index (Phi) is 5.30. The summed E-state index contributed by atoms with van der Waals surface area (Å²) in [4.78, 5) is 0. The van der Waals surface area contributed by atoms with Crippen LogP contribution in [0.2, 0.25) is 0 Å². The molecule has 4 aromatic carbocycles. The molecule has 2 unspecified atom stereocenters. The fourth-order valence-corrected chi connectivity index (χ4v) is 5.33. The van der Waals surface area contributed by atoms with E-state index >= 15 is 0 Å². The Hall–Kier alpha value is -4.16. The smallest absolute Gasteiger partial charge is 0.123 e. The molecule has 0 spiro atoms. The summed E-state index contributed by atoms with van der Waals surface area (Å²) in [5, 5.41) is 63.2. The van der Waals surface area contributed by atoms with Gasteiger partial charge in [0.1, 0.15) is 28.7 Å². The molecule has 34 heavy (non-hydrogen) atoms. The average molecular weight is 456 g/mol. The summed E-state index contributed by atoms with van der Waals surface area (Å²) in [6.45, 7) is 0. The monoisotopic (exact) mass is 456 g/mol. The first kappa shape index (κ1) is 21.7. The molecule has 1 aliphatic rings. The van der Waals surface area contributed by atoms with E-state index in [4.69, 9.17) is 0 Å². The maximum absolute atomic E-state index is 11.6. The molecule has 0 amide bonds. The number of hydrogen-bond acceptors (Lipinski definition) is 6. The van der Waals surface area contributed by atoms with Gasteiger partial charge in [-0.2, -0.15) is 0 Å². The minimum Gasteiger partial charge on any atom is -0.508 e. The Balaban J connectivity index is 1.80. The molecule has 0 aliphatic heterocycles. The Morgan fingerprint density at radius 3 is 1.85 bits per heavy atom. The second-order valence-corrected chi connectivity index (χ2v) is 8.73. The number of phenolic OH excluding ortho intramolecular Hbond substituents is 5. The Morgan fingerprint density at radius 1 is 0.588 bits per heavy atom. The lowest BCUT2D eigenvalue weighted by Gasteiger charge is -2.30. The lowest BCUT2D eigenvalue weighted by Crippen LogP contribution is -2.18.